The predicted molar refractivity (Wildman–Crippen MR) is 303 cm³/mol. The van der Waals surface area contributed by atoms with Crippen molar-refractivity contribution in [3.05, 3.63) is 248 Å². The Morgan fingerprint density at radius 2 is 1.03 bits per heavy atom. The minimum atomic E-state index is -0.208. The van der Waals surface area contributed by atoms with Crippen molar-refractivity contribution < 1.29 is 25.8 Å². The quantitative estimate of drug-likeness (QED) is 0.135. The van der Waals surface area contributed by atoms with E-state index in [4.69, 9.17) is 9.72 Å². The number of fused-ring (bicyclic) bond motifs is 4. The van der Waals surface area contributed by atoms with Crippen LogP contribution in [-0.4, -0.2) is 9.55 Å². The number of nitrogens with zero attached hydrogens (tertiary/aromatic N) is 4. The topological polar surface area (TPSA) is 33.5 Å². The van der Waals surface area contributed by atoms with Crippen molar-refractivity contribution in [1.29, 1.82) is 0 Å². The van der Waals surface area contributed by atoms with Gasteiger partial charge < -0.3 is 19.1 Å². The Kier molecular flexibility index (Phi) is 12.7. The monoisotopic (exact) mass is 1140 g/mol. The largest absolute Gasteiger partial charge is 0.509 e. The van der Waals surface area contributed by atoms with Crippen LogP contribution in [0, 0.1) is 18.8 Å². The summed E-state index contributed by atoms with van der Waals surface area (Å²) in [5.74, 6) is 2.01. The number of aromatic nitrogens is 2. The fraction of sp³-hybridized carbons (Fsp3) is 0.118. The van der Waals surface area contributed by atoms with E-state index < -0.39 is 0 Å². The standard InChI is InChI=1S/C68H55N4O.Pt/c1-67(2,3)51-39-52(70-45-71(63-33-20-19-32-62(63)70)66-55(47-24-13-8-14-25-47)30-21-31-56(66)48-26-15-9-16-27-48)41-54(40-51)73-53-35-36-57-58-38-50(46-22-11-7-12-23-46)34-37-61(58)72(64(57)42-53)65-43-60(68(4,5)6)59(44-69-65)49-28-17-10-18-29-49;/h7-40,43-45H,1-6H3;/q-3;. The number of hydrogen-bond acceptors (Lipinski definition) is 4. The van der Waals surface area contributed by atoms with Gasteiger partial charge in [-0.2, -0.15) is 6.07 Å². The van der Waals surface area contributed by atoms with Crippen LogP contribution in [0.4, 0.5) is 22.7 Å². The molecule has 0 saturated heterocycles. The number of anilines is 4. The van der Waals surface area contributed by atoms with Crippen LogP contribution in [0.1, 0.15) is 52.7 Å². The first-order chi connectivity index (χ1) is 35.5. The number of hydrogen-bond donors (Lipinski definition) is 0. The Labute approximate surface area is 449 Å². The van der Waals surface area contributed by atoms with Gasteiger partial charge in [0, 0.05) is 78.0 Å². The van der Waals surface area contributed by atoms with Gasteiger partial charge in [0.15, 0.2) is 0 Å². The number of benzene rings is 9. The van der Waals surface area contributed by atoms with Crippen molar-refractivity contribution in [1.82, 2.24) is 9.55 Å². The molecule has 0 N–H and O–H groups in total. The Balaban J connectivity index is 0.00000588. The molecule has 2 aromatic heterocycles. The molecule has 0 saturated carbocycles. The van der Waals surface area contributed by atoms with E-state index in [1.807, 2.05) is 12.3 Å². The maximum absolute atomic E-state index is 7.01. The molecule has 0 amide bonds. The van der Waals surface area contributed by atoms with Gasteiger partial charge in [0.05, 0.1) is 0 Å². The van der Waals surface area contributed by atoms with Crippen LogP contribution in [0.5, 0.6) is 11.5 Å². The van der Waals surface area contributed by atoms with Gasteiger partial charge in [-0.1, -0.05) is 211 Å². The molecule has 5 nitrogen and oxygen atoms in total. The molecular formula is C68H55N4OPt-3. The molecule has 1 aliphatic heterocycles. The molecule has 0 radical (unpaired) electrons. The van der Waals surface area contributed by atoms with Crippen LogP contribution in [0.15, 0.2) is 219 Å². The summed E-state index contributed by atoms with van der Waals surface area (Å²) >= 11 is 0. The van der Waals surface area contributed by atoms with Gasteiger partial charge in [0.1, 0.15) is 5.82 Å². The van der Waals surface area contributed by atoms with E-state index in [-0.39, 0.29) is 31.9 Å². The number of para-hydroxylation sites is 3. The van der Waals surface area contributed by atoms with Crippen LogP contribution in [0.2, 0.25) is 0 Å². The van der Waals surface area contributed by atoms with E-state index in [1.165, 1.54) is 5.56 Å². The van der Waals surface area contributed by atoms with Crippen molar-refractivity contribution in [2.45, 2.75) is 52.4 Å². The number of rotatable bonds is 9. The molecule has 74 heavy (non-hydrogen) atoms. The van der Waals surface area contributed by atoms with Gasteiger partial charge in [-0.3, -0.25) is 0 Å². The van der Waals surface area contributed by atoms with Crippen molar-refractivity contribution in [2.75, 3.05) is 9.80 Å². The van der Waals surface area contributed by atoms with E-state index in [2.05, 4.69) is 281 Å². The third-order valence-corrected chi connectivity index (χ3v) is 14.0. The third kappa shape index (κ3) is 9.01. The maximum Gasteiger partial charge on any atom is 0.135 e. The second kappa shape index (κ2) is 19.5. The summed E-state index contributed by atoms with van der Waals surface area (Å²) in [6, 6.07) is 82.8. The summed E-state index contributed by atoms with van der Waals surface area (Å²) in [5.41, 5.74) is 17.2. The Morgan fingerprint density at radius 3 is 1.62 bits per heavy atom. The van der Waals surface area contributed by atoms with Crippen molar-refractivity contribution in [2.24, 2.45) is 0 Å². The van der Waals surface area contributed by atoms with Gasteiger partial charge in [0.2, 0.25) is 0 Å². The summed E-state index contributed by atoms with van der Waals surface area (Å²) in [4.78, 5) is 9.83. The van der Waals surface area contributed by atoms with E-state index >= 15 is 0 Å². The zero-order valence-corrected chi connectivity index (χ0v) is 44.6. The molecule has 3 heterocycles. The molecule has 0 spiro atoms. The first kappa shape index (κ1) is 48.3. The summed E-state index contributed by atoms with van der Waals surface area (Å²) < 4.78 is 9.26. The van der Waals surface area contributed by atoms with E-state index in [1.54, 1.807) is 0 Å². The van der Waals surface area contributed by atoms with E-state index in [0.717, 1.165) is 100 Å². The summed E-state index contributed by atoms with van der Waals surface area (Å²) in [6.45, 7) is 15.8. The van der Waals surface area contributed by atoms with Gasteiger partial charge in [-0.05, 0) is 73.9 Å². The predicted octanol–water partition coefficient (Wildman–Crippen LogP) is 18.2. The average molecular weight is 1140 g/mol. The van der Waals surface area contributed by atoms with Crippen LogP contribution >= 0.6 is 0 Å². The Bertz CT molecular complexity index is 3760. The molecule has 0 unspecified atom stereocenters. The summed E-state index contributed by atoms with van der Waals surface area (Å²) in [6.07, 6.45) is 2.04. The molecule has 366 valence electrons. The first-order valence-electron chi connectivity index (χ1n) is 25.1. The third-order valence-electron chi connectivity index (χ3n) is 14.0. The van der Waals surface area contributed by atoms with Crippen LogP contribution < -0.4 is 14.5 Å². The smallest absolute Gasteiger partial charge is 0.135 e. The first-order valence-corrected chi connectivity index (χ1v) is 25.1. The van der Waals surface area contributed by atoms with Crippen LogP contribution in [0.25, 0.3) is 72.1 Å². The average Bonchev–Trinajstić information content (AvgIpc) is 3.96. The van der Waals surface area contributed by atoms with Crippen molar-refractivity contribution in [3.63, 3.8) is 0 Å². The molecule has 11 aromatic rings. The number of ether oxygens (including phenoxy) is 1. The normalized spacial score (nSPS) is 12.5. The molecule has 0 bridgehead atoms. The van der Waals surface area contributed by atoms with Crippen molar-refractivity contribution in [3.8, 4) is 61.8 Å². The van der Waals surface area contributed by atoms with Gasteiger partial charge in [0.25, 0.3) is 0 Å². The summed E-state index contributed by atoms with van der Waals surface area (Å²) in [5, 5.41) is 2.18. The van der Waals surface area contributed by atoms with Crippen LogP contribution in [0.3, 0.4) is 0 Å². The molecule has 0 fully saturated rings. The molecule has 0 atom stereocenters. The SMILES string of the molecule is CC(C)(C)c1cc(Oc2[c-]c3c(cc2)c2cc(-c4ccccc4)ccc2n3-c2cc(C(C)(C)C)c(-c3ccccc3)cn2)[c-]c(N2[CH-]N(c3c(-c4ccccc4)cccc3-c3ccccc3)c3ccccc32)c1.[Pt]. The molecule has 9 aromatic carbocycles. The molecule has 0 aliphatic carbocycles. The minimum Gasteiger partial charge on any atom is -0.509 e. The second-order valence-corrected chi connectivity index (χ2v) is 21.0. The maximum atomic E-state index is 7.01. The zero-order chi connectivity index (χ0) is 49.8. The number of pyridine rings is 1. The summed E-state index contributed by atoms with van der Waals surface area (Å²) in [7, 11) is 0. The van der Waals surface area contributed by atoms with Crippen LogP contribution in [-0.2, 0) is 31.9 Å². The minimum absolute atomic E-state index is 0. The van der Waals surface area contributed by atoms with E-state index in [9.17, 15) is 0 Å². The molecule has 1 aliphatic rings. The fourth-order valence-corrected chi connectivity index (χ4v) is 10.3. The van der Waals surface area contributed by atoms with Crippen molar-refractivity contribution >= 4 is 44.6 Å². The fourth-order valence-electron chi connectivity index (χ4n) is 10.3. The van der Waals surface area contributed by atoms with Gasteiger partial charge >= 0.3 is 0 Å². The molecule has 12 rings (SSSR count). The molecular weight excluding hydrogens is 1080 g/mol. The molecule has 6 heteroatoms. The Morgan fingerprint density at radius 1 is 0.459 bits per heavy atom. The van der Waals surface area contributed by atoms with Gasteiger partial charge in [-0.25, -0.2) is 4.98 Å². The van der Waals surface area contributed by atoms with E-state index in [0.29, 0.717) is 11.5 Å². The zero-order valence-electron chi connectivity index (χ0n) is 42.4. The Hall–Kier alpha value is -7.98. The second-order valence-electron chi connectivity index (χ2n) is 21.0. The van der Waals surface area contributed by atoms with Gasteiger partial charge in [-0.15, -0.1) is 53.6 Å².